The second kappa shape index (κ2) is 4.94. The summed E-state index contributed by atoms with van der Waals surface area (Å²) in [4.78, 5) is 9.21. The summed E-state index contributed by atoms with van der Waals surface area (Å²) >= 11 is 3.50. The standard InChI is InChI=1S/C13H20BrN3/c1-9-5-13(15-6-11(9)14)17-7-10(2)12(8-17)16(3)4/h5-6,10,12H,7-8H2,1-4H3. The Morgan fingerprint density at radius 1 is 1.41 bits per heavy atom. The maximum Gasteiger partial charge on any atom is 0.128 e. The van der Waals surface area contributed by atoms with Crippen LogP contribution in [0.5, 0.6) is 0 Å². The third-order valence-electron chi connectivity index (χ3n) is 3.59. The van der Waals surface area contributed by atoms with Crippen molar-refractivity contribution in [1.29, 1.82) is 0 Å². The van der Waals surface area contributed by atoms with Gasteiger partial charge < -0.3 is 9.80 Å². The van der Waals surface area contributed by atoms with Crippen LogP contribution >= 0.6 is 15.9 Å². The maximum absolute atomic E-state index is 4.51. The number of hydrogen-bond acceptors (Lipinski definition) is 3. The average molecular weight is 298 g/mol. The van der Waals surface area contributed by atoms with E-state index >= 15 is 0 Å². The van der Waals surface area contributed by atoms with Crippen molar-refractivity contribution >= 4 is 21.7 Å². The Balaban J connectivity index is 2.17. The summed E-state index contributed by atoms with van der Waals surface area (Å²) in [6.45, 7) is 6.59. The molecule has 1 saturated heterocycles. The van der Waals surface area contributed by atoms with Crippen molar-refractivity contribution < 1.29 is 0 Å². The number of pyridine rings is 1. The van der Waals surface area contributed by atoms with Crippen LogP contribution in [-0.4, -0.2) is 43.1 Å². The van der Waals surface area contributed by atoms with Crippen LogP contribution in [0.15, 0.2) is 16.7 Å². The molecule has 1 fully saturated rings. The second-order valence-electron chi connectivity index (χ2n) is 5.20. The van der Waals surface area contributed by atoms with E-state index in [1.54, 1.807) is 0 Å². The Labute approximate surface area is 112 Å². The first kappa shape index (κ1) is 12.8. The van der Waals surface area contributed by atoms with Crippen molar-refractivity contribution in [3.8, 4) is 0 Å². The quantitative estimate of drug-likeness (QED) is 0.836. The van der Waals surface area contributed by atoms with Gasteiger partial charge in [0.25, 0.3) is 0 Å². The molecule has 0 aromatic carbocycles. The first-order chi connectivity index (χ1) is 7.99. The molecule has 0 amide bonds. The molecule has 0 saturated carbocycles. The first-order valence-corrected chi connectivity index (χ1v) is 6.82. The minimum atomic E-state index is 0.626. The van der Waals surface area contributed by atoms with Crippen molar-refractivity contribution in [2.45, 2.75) is 19.9 Å². The molecule has 2 rings (SSSR count). The van der Waals surface area contributed by atoms with E-state index < -0.39 is 0 Å². The van der Waals surface area contributed by atoms with E-state index in [-0.39, 0.29) is 0 Å². The zero-order chi connectivity index (χ0) is 12.6. The third kappa shape index (κ3) is 2.63. The molecule has 0 N–H and O–H groups in total. The van der Waals surface area contributed by atoms with Crippen molar-refractivity contribution in [2.75, 3.05) is 32.1 Å². The summed E-state index contributed by atoms with van der Waals surface area (Å²) in [6, 6.07) is 2.79. The molecule has 94 valence electrons. The molecule has 3 nitrogen and oxygen atoms in total. The molecule has 2 heterocycles. The van der Waals surface area contributed by atoms with E-state index in [1.807, 2.05) is 6.20 Å². The predicted octanol–water partition coefficient (Wildman–Crippen LogP) is 2.54. The van der Waals surface area contributed by atoms with Gasteiger partial charge >= 0.3 is 0 Å². The van der Waals surface area contributed by atoms with Gasteiger partial charge in [0.05, 0.1) is 0 Å². The topological polar surface area (TPSA) is 19.4 Å². The van der Waals surface area contributed by atoms with Gasteiger partial charge in [0.15, 0.2) is 0 Å². The Morgan fingerprint density at radius 3 is 2.65 bits per heavy atom. The number of aromatic nitrogens is 1. The summed E-state index contributed by atoms with van der Waals surface area (Å²) < 4.78 is 1.08. The third-order valence-corrected chi connectivity index (χ3v) is 4.42. The van der Waals surface area contributed by atoms with E-state index in [0.29, 0.717) is 12.0 Å². The molecule has 0 spiro atoms. The maximum atomic E-state index is 4.51. The molecular weight excluding hydrogens is 278 g/mol. The van der Waals surface area contributed by atoms with Crippen LogP contribution in [0.3, 0.4) is 0 Å². The fourth-order valence-corrected chi connectivity index (χ4v) is 2.72. The summed E-state index contributed by atoms with van der Waals surface area (Å²) in [7, 11) is 4.32. The average Bonchev–Trinajstić information content (AvgIpc) is 2.64. The summed E-state index contributed by atoms with van der Waals surface area (Å²) in [5.74, 6) is 1.79. The molecular formula is C13H20BrN3. The van der Waals surface area contributed by atoms with E-state index in [0.717, 1.165) is 23.4 Å². The highest BCUT2D eigenvalue weighted by Gasteiger charge is 2.31. The summed E-state index contributed by atoms with van der Waals surface area (Å²) in [5.41, 5.74) is 1.25. The molecule has 1 aliphatic heterocycles. The normalized spacial score (nSPS) is 24.7. The SMILES string of the molecule is Cc1cc(N2CC(C)C(N(C)C)C2)ncc1Br. The molecule has 1 aromatic rings. The van der Waals surface area contributed by atoms with Crippen molar-refractivity contribution in [2.24, 2.45) is 5.92 Å². The van der Waals surface area contributed by atoms with E-state index in [4.69, 9.17) is 0 Å². The molecule has 0 radical (unpaired) electrons. The Bertz CT molecular complexity index is 406. The van der Waals surface area contributed by atoms with Crippen molar-refractivity contribution in [3.05, 3.63) is 22.3 Å². The lowest BCUT2D eigenvalue weighted by Gasteiger charge is -2.22. The fourth-order valence-electron chi connectivity index (χ4n) is 2.51. The molecule has 4 heteroatoms. The number of nitrogens with zero attached hydrogens (tertiary/aromatic N) is 3. The molecule has 1 aromatic heterocycles. The highest BCUT2D eigenvalue weighted by atomic mass is 79.9. The molecule has 17 heavy (non-hydrogen) atoms. The Kier molecular flexibility index (Phi) is 3.73. The van der Waals surface area contributed by atoms with Gasteiger partial charge in [0, 0.05) is 29.8 Å². The molecule has 0 bridgehead atoms. The highest BCUT2D eigenvalue weighted by molar-refractivity contribution is 9.10. The molecule has 1 aliphatic rings. The summed E-state index contributed by atoms with van der Waals surface area (Å²) in [6.07, 6.45) is 1.90. The van der Waals surface area contributed by atoms with Gasteiger partial charge in [-0.15, -0.1) is 0 Å². The Hall–Kier alpha value is -0.610. The zero-order valence-electron chi connectivity index (χ0n) is 10.9. The van der Waals surface area contributed by atoms with Crippen LogP contribution in [0.4, 0.5) is 5.82 Å². The van der Waals surface area contributed by atoms with Crippen molar-refractivity contribution in [1.82, 2.24) is 9.88 Å². The van der Waals surface area contributed by atoms with Gasteiger partial charge in [-0.05, 0) is 54.5 Å². The van der Waals surface area contributed by atoms with E-state index in [9.17, 15) is 0 Å². The van der Waals surface area contributed by atoms with Gasteiger partial charge in [-0.25, -0.2) is 4.98 Å². The van der Waals surface area contributed by atoms with Gasteiger partial charge in [-0.2, -0.15) is 0 Å². The number of hydrogen-bond donors (Lipinski definition) is 0. The molecule has 0 aliphatic carbocycles. The zero-order valence-corrected chi connectivity index (χ0v) is 12.5. The summed E-state index contributed by atoms with van der Waals surface area (Å²) in [5, 5.41) is 0. The van der Waals surface area contributed by atoms with Crippen LogP contribution in [0, 0.1) is 12.8 Å². The van der Waals surface area contributed by atoms with Gasteiger partial charge in [-0.3, -0.25) is 0 Å². The minimum absolute atomic E-state index is 0.626. The lowest BCUT2D eigenvalue weighted by Crippen LogP contribution is -2.34. The van der Waals surface area contributed by atoms with Gasteiger partial charge in [0.2, 0.25) is 0 Å². The minimum Gasteiger partial charge on any atom is -0.355 e. The van der Waals surface area contributed by atoms with Crippen LogP contribution in [-0.2, 0) is 0 Å². The number of aryl methyl sites for hydroxylation is 1. The second-order valence-corrected chi connectivity index (χ2v) is 6.06. The van der Waals surface area contributed by atoms with E-state index in [1.165, 1.54) is 5.56 Å². The Morgan fingerprint density at radius 2 is 2.12 bits per heavy atom. The monoisotopic (exact) mass is 297 g/mol. The smallest absolute Gasteiger partial charge is 0.128 e. The molecule has 2 unspecified atom stereocenters. The van der Waals surface area contributed by atoms with Crippen LogP contribution in [0.1, 0.15) is 12.5 Å². The lowest BCUT2D eigenvalue weighted by atomic mass is 10.1. The highest BCUT2D eigenvalue weighted by Crippen LogP contribution is 2.26. The van der Waals surface area contributed by atoms with Crippen LogP contribution in [0.25, 0.3) is 0 Å². The van der Waals surface area contributed by atoms with Gasteiger partial charge in [-0.1, -0.05) is 6.92 Å². The first-order valence-electron chi connectivity index (χ1n) is 6.02. The van der Waals surface area contributed by atoms with Gasteiger partial charge in [0.1, 0.15) is 5.82 Å². The number of likely N-dealkylation sites (N-methyl/N-ethyl adjacent to an activating group) is 1. The predicted molar refractivity (Wildman–Crippen MR) is 75.5 cm³/mol. The largest absolute Gasteiger partial charge is 0.355 e. The van der Waals surface area contributed by atoms with Crippen LogP contribution < -0.4 is 4.90 Å². The number of halogens is 1. The van der Waals surface area contributed by atoms with E-state index in [2.05, 4.69) is 64.7 Å². The van der Waals surface area contributed by atoms with Crippen LogP contribution in [0.2, 0.25) is 0 Å². The van der Waals surface area contributed by atoms with Crippen molar-refractivity contribution in [3.63, 3.8) is 0 Å². The number of rotatable bonds is 2. The number of anilines is 1. The fraction of sp³-hybridized carbons (Fsp3) is 0.615. The molecule has 2 atom stereocenters. The lowest BCUT2D eigenvalue weighted by molar-refractivity contribution is 0.266.